The summed E-state index contributed by atoms with van der Waals surface area (Å²) >= 11 is 0. The topological polar surface area (TPSA) is 68.3 Å². The summed E-state index contributed by atoms with van der Waals surface area (Å²) in [4.78, 5) is 27.7. The number of rotatable bonds is 8. The zero-order chi connectivity index (χ0) is 19.6. The average molecular weight is 376 g/mol. The number of hydrogen-bond donors (Lipinski definition) is 0. The number of carbonyl (C=O) groups excluding carboxylic acids is 2. The fourth-order valence-electron chi connectivity index (χ4n) is 2.91. The van der Waals surface area contributed by atoms with E-state index in [0.29, 0.717) is 57.1 Å². The fraction of sp³-hybridized carbons (Fsp3) is 0.500. The van der Waals surface area contributed by atoms with Crippen LogP contribution in [-0.4, -0.2) is 68.3 Å². The van der Waals surface area contributed by atoms with Crippen LogP contribution < -0.4 is 9.47 Å². The molecule has 0 aromatic heterocycles. The van der Waals surface area contributed by atoms with Gasteiger partial charge in [0.1, 0.15) is 6.61 Å². The Morgan fingerprint density at radius 1 is 1.15 bits per heavy atom. The van der Waals surface area contributed by atoms with Crippen LogP contribution in [0.4, 0.5) is 4.79 Å². The van der Waals surface area contributed by atoms with Crippen molar-refractivity contribution >= 4 is 12.0 Å². The van der Waals surface area contributed by atoms with E-state index in [1.165, 1.54) is 6.08 Å². The lowest BCUT2D eigenvalue weighted by atomic mass is 10.1. The zero-order valence-electron chi connectivity index (χ0n) is 16.1. The highest BCUT2D eigenvalue weighted by molar-refractivity contribution is 5.77. The van der Waals surface area contributed by atoms with Gasteiger partial charge in [-0.1, -0.05) is 18.7 Å². The molecule has 0 unspecified atom stereocenters. The van der Waals surface area contributed by atoms with Gasteiger partial charge < -0.3 is 24.0 Å². The van der Waals surface area contributed by atoms with Crippen LogP contribution in [0, 0.1) is 0 Å². The molecule has 2 rings (SSSR count). The van der Waals surface area contributed by atoms with Crippen molar-refractivity contribution in [1.29, 1.82) is 0 Å². The Labute approximate surface area is 160 Å². The van der Waals surface area contributed by atoms with Crippen LogP contribution >= 0.6 is 0 Å². The first-order valence-corrected chi connectivity index (χ1v) is 9.19. The Balaban J connectivity index is 1.81. The van der Waals surface area contributed by atoms with Gasteiger partial charge in [-0.2, -0.15) is 0 Å². The van der Waals surface area contributed by atoms with Crippen LogP contribution in [0.15, 0.2) is 30.9 Å². The number of ether oxygens (including phenoxy) is 3. The SMILES string of the molecule is C=CCOC(=O)N1CCN(C(=O)CCc2ccc(OCC)c(OC)c2)CC1. The first kappa shape index (κ1) is 20.6. The van der Waals surface area contributed by atoms with Crippen molar-refractivity contribution in [2.75, 3.05) is 46.5 Å². The minimum Gasteiger partial charge on any atom is -0.493 e. The normalized spacial score (nSPS) is 13.9. The van der Waals surface area contributed by atoms with Gasteiger partial charge in [0, 0.05) is 32.6 Å². The van der Waals surface area contributed by atoms with E-state index in [-0.39, 0.29) is 18.6 Å². The first-order chi connectivity index (χ1) is 13.1. The molecule has 0 saturated carbocycles. The molecular weight excluding hydrogens is 348 g/mol. The molecule has 0 radical (unpaired) electrons. The fourth-order valence-corrected chi connectivity index (χ4v) is 2.91. The van der Waals surface area contributed by atoms with Crippen molar-refractivity contribution in [3.8, 4) is 11.5 Å². The minimum atomic E-state index is -0.358. The molecule has 0 spiro atoms. The summed E-state index contributed by atoms with van der Waals surface area (Å²) in [7, 11) is 1.60. The third-order valence-electron chi connectivity index (χ3n) is 4.37. The Hall–Kier alpha value is -2.70. The molecule has 7 heteroatoms. The van der Waals surface area contributed by atoms with Gasteiger partial charge in [0.15, 0.2) is 11.5 Å². The lowest BCUT2D eigenvalue weighted by Gasteiger charge is -2.34. The lowest BCUT2D eigenvalue weighted by Crippen LogP contribution is -2.50. The molecule has 27 heavy (non-hydrogen) atoms. The van der Waals surface area contributed by atoms with E-state index in [2.05, 4.69) is 6.58 Å². The predicted molar refractivity (Wildman–Crippen MR) is 102 cm³/mol. The van der Waals surface area contributed by atoms with Crippen LogP contribution in [0.5, 0.6) is 11.5 Å². The average Bonchev–Trinajstić information content (AvgIpc) is 2.71. The summed E-state index contributed by atoms with van der Waals surface area (Å²) < 4.78 is 15.9. The van der Waals surface area contributed by atoms with E-state index in [0.717, 1.165) is 5.56 Å². The molecule has 1 fully saturated rings. The first-order valence-electron chi connectivity index (χ1n) is 9.19. The van der Waals surface area contributed by atoms with Crippen molar-refractivity contribution in [3.05, 3.63) is 36.4 Å². The molecule has 1 heterocycles. The summed E-state index contributed by atoms with van der Waals surface area (Å²) in [6.45, 7) is 8.22. The summed E-state index contributed by atoms with van der Waals surface area (Å²) in [5.41, 5.74) is 1.02. The second-order valence-electron chi connectivity index (χ2n) is 6.15. The molecule has 1 aliphatic heterocycles. The van der Waals surface area contributed by atoms with Crippen molar-refractivity contribution in [2.45, 2.75) is 19.8 Å². The molecule has 0 bridgehead atoms. The maximum Gasteiger partial charge on any atom is 0.410 e. The smallest absolute Gasteiger partial charge is 0.410 e. The van der Waals surface area contributed by atoms with Gasteiger partial charge in [-0.25, -0.2) is 4.79 Å². The predicted octanol–water partition coefficient (Wildman–Crippen LogP) is 2.49. The number of piperazine rings is 1. The van der Waals surface area contributed by atoms with Crippen LogP contribution in [0.3, 0.4) is 0 Å². The molecule has 7 nitrogen and oxygen atoms in total. The van der Waals surface area contributed by atoms with E-state index in [9.17, 15) is 9.59 Å². The van der Waals surface area contributed by atoms with Gasteiger partial charge in [0.25, 0.3) is 0 Å². The molecule has 1 aliphatic rings. The van der Waals surface area contributed by atoms with Crippen LogP contribution in [0.1, 0.15) is 18.9 Å². The van der Waals surface area contributed by atoms with Gasteiger partial charge in [-0.3, -0.25) is 4.79 Å². The summed E-state index contributed by atoms with van der Waals surface area (Å²) in [5, 5.41) is 0. The van der Waals surface area contributed by atoms with Crippen molar-refractivity contribution in [2.24, 2.45) is 0 Å². The Morgan fingerprint density at radius 2 is 1.85 bits per heavy atom. The molecule has 1 aromatic carbocycles. The highest BCUT2D eigenvalue weighted by Crippen LogP contribution is 2.28. The third kappa shape index (κ3) is 5.91. The number of carbonyl (C=O) groups is 2. The van der Waals surface area contributed by atoms with Crippen LogP contribution in [0.2, 0.25) is 0 Å². The summed E-state index contributed by atoms with van der Waals surface area (Å²) in [6.07, 6.45) is 2.22. The number of methoxy groups -OCH3 is 1. The molecule has 1 saturated heterocycles. The van der Waals surface area contributed by atoms with Crippen LogP contribution in [0.25, 0.3) is 0 Å². The molecule has 0 aliphatic carbocycles. The van der Waals surface area contributed by atoms with Gasteiger partial charge >= 0.3 is 6.09 Å². The molecule has 148 valence electrons. The number of nitrogens with zero attached hydrogens (tertiary/aromatic N) is 2. The minimum absolute atomic E-state index is 0.0851. The quantitative estimate of drug-likeness (QED) is 0.652. The van der Waals surface area contributed by atoms with Gasteiger partial charge in [-0.15, -0.1) is 0 Å². The van der Waals surface area contributed by atoms with E-state index < -0.39 is 0 Å². The Morgan fingerprint density at radius 3 is 2.48 bits per heavy atom. The molecule has 0 N–H and O–H groups in total. The van der Waals surface area contributed by atoms with Crippen molar-refractivity contribution in [1.82, 2.24) is 9.80 Å². The van der Waals surface area contributed by atoms with Gasteiger partial charge in [0.05, 0.1) is 13.7 Å². The third-order valence-corrected chi connectivity index (χ3v) is 4.37. The highest BCUT2D eigenvalue weighted by atomic mass is 16.6. The summed E-state index contributed by atoms with van der Waals surface area (Å²) in [5.74, 6) is 1.46. The number of aryl methyl sites for hydroxylation is 1. The van der Waals surface area contributed by atoms with Crippen LogP contribution in [-0.2, 0) is 16.0 Å². The molecule has 2 amide bonds. The largest absolute Gasteiger partial charge is 0.493 e. The number of benzene rings is 1. The van der Waals surface area contributed by atoms with Crippen molar-refractivity contribution < 1.29 is 23.8 Å². The maximum absolute atomic E-state index is 12.5. The number of hydrogen-bond acceptors (Lipinski definition) is 5. The molecule has 0 atom stereocenters. The highest BCUT2D eigenvalue weighted by Gasteiger charge is 2.24. The zero-order valence-corrected chi connectivity index (χ0v) is 16.1. The second kappa shape index (κ2) is 10.4. The van der Waals surface area contributed by atoms with E-state index >= 15 is 0 Å². The number of amides is 2. The summed E-state index contributed by atoms with van der Waals surface area (Å²) in [6, 6.07) is 5.73. The maximum atomic E-state index is 12.5. The standard InChI is InChI=1S/C20H28N2O5/c1-4-14-27-20(24)22-12-10-21(11-13-22)19(23)9-7-16-6-8-17(26-5-2)18(15-16)25-3/h4,6,8,15H,1,5,7,9-14H2,2-3H3. The molecule has 1 aromatic rings. The Bertz CT molecular complexity index is 654. The van der Waals surface area contributed by atoms with Gasteiger partial charge in [0.2, 0.25) is 5.91 Å². The molecular formula is C20H28N2O5. The lowest BCUT2D eigenvalue weighted by molar-refractivity contribution is -0.132. The van der Waals surface area contributed by atoms with E-state index in [1.807, 2.05) is 25.1 Å². The van der Waals surface area contributed by atoms with Crippen molar-refractivity contribution in [3.63, 3.8) is 0 Å². The van der Waals surface area contributed by atoms with Gasteiger partial charge in [-0.05, 0) is 31.0 Å². The monoisotopic (exact) mass is 376 g/mol. The Kier molecular flexibility index (Phi) is 7.98. The van der Waals surface area contributed by atoms with E-state index in [4.69, 9.17) is 14.2 Å². The van der Waals surface area contributed by atoms with E-state index in [1.54, 1.807) is 16.9 Å². The second-order valence-corrected chi connectivity index (χ2v) is 6.15.